The van der Waals surface area contributed by atoms with Crippen molar-refractivity contribution in [1.29, 1.82) is 0 Å². The van der Waals surface area contributed by atoms with E-state index in [9.17, 15) is 9.59 Å². The van der Waals surface area contributed by atoms with Crippen LogP contribution < -0.4 is 11.2 Å². The number of amides is 1. The molecule has 6 nitrogen and oxygen atoms in total. The number of nitrogens with one attached hydrogen (secondary N) is 1. The molecule has 0 radical (unpaired) electrons. The smallest absolute Gasteiger partial charge is 0.330 e. The number of rotatable bonds is 8. The minimum absolute atomic E-state index is 0.0404. The molecule has 27 heavy (non-hydrogen) atoms. The fraction of sp³-hybridized carbons (Fsp3) is 0.238. The third-order valence-corrected chi connectivity index (χ3v) is 3.96. The Hall–Kier alpha value is -2.96. The minimum atomic E-state index is -0.351. The van der Waals surface area contributed by atoms with Crippen LogP contribution in [0.25, 0.3) is 17.2 Å². The molecule has 1 amide bonds. The van der Waals surface area contributed by atoms with Crippen LogP contribution in [-0.4, -0.2) is 37.1 Å². The molecular formula is C21H25N3O3. The summed E-state index contributed by atoms with van der Waals surface area (Å²) in [6.07, 6.45) is 3.14. The van der Waals surface area contributed by atoms with E-state index in [2.05, 4.69) is 5.43 Å². The van der Waals surface area contributed by atoms with Gasteiger partial charge in [0.2, 0.25) is 0 Å². The van der Waals surface area contributed by atoms with E-state index in [0.717, 1.165) is 22.3 Å². The molecule has 6 heteroatoms. The van der Waals surface area contributed by atoms with Crippen molar-refractivity contribution in [3.8, 4) is 11.1 Å². The molecule has 0 aliphatic heterocycles. The second kappa shape index (κ2) is 10.3. The first-order valence-electron chi connectivity index (χ1n) is 8.79. The average molecular weight is 367 g/mol. The van der Waals surface area contributed by atoms with Gasteiger partial charge in [-0.1, -0.05) is 42.5 Å². The summed E-state index contributed by atoms with van der Waals surface area (Å²) >= 11 is 0. The maximum atomic E-state index is 11.8. The second-order valence-electron chi connectivity index (χ2n) is 5.82. The lowest BCUT2D eigenvalue weighted by Crippen LogP contribution is -2.43. The van der Waals surface area contributed by atoms with E-state index in [1.165, 1.54) is 11.1 Å². The van der Waals surface area contributed by atoms with Crippen LogP contribution >= 0.6 is 0 Å². The molecule has 0 aliphatic carbocycles. The Morgan fingerprint density at radius 3 is 2.52 bits per heavy atom. The van der Waals surface area contributed by atoms with Crippen LogP contribution in [0, 0.1) is 0 Å². The van der Waals surface area contributed by atoms with Gasteiger partial charge in [-0.25, -0.2) is 10.2 Å². The van der Waals surface area contributed by atoms with Crippen LogP contribution in [0.5, 0.6) is 0 Å². The van der Waals surface area contributed by atoms with Crippen LogP contribution in [0.15, 0.2) is 54.6 Å². The van der Waals surface area contributed by atoms with E-state index in [0.29, 0.717) is 13.2 Å². The van der Waals surface area contributed by atoms with E-state index in [1.807, 2.05) is 48.5 Å². The summed E-state index contributed by atoms with van der Waals surface area (Å²) in [7, 11) is 1.69. The van der Waals surface area contributed by atoms with Gasteiger partial charge in [0.25, 0.3) is 5.91 Å². The monoisotopic (exact) mass is 367 g/mol. The summed E-state index contributed by atoms with van der Waals surface area (Å²) in [5.74, 6) is -0.518. The van der Waals surface area contributed by atoms with Gasteiger partial charge in [-0.3, -0.25) is 9.80 Å². The number of nitrogens with zero attached hydrogens (tertiary/aromatic N) is 1. The van der Waals surface area contributed by atoms with Gasteiger partial charge in [-0.05, 0) is 41.3 Å². The zero-order chi connectivity index (χ0) is 19.6. The Morgan fingerprint density at radius 1 is 1.15 bits per heavy atom. The predicted molar refractivity (Wildman–Crippen MR) is 106 cm³/mol. The summed E-state index contributed by atoms with van der Waals surface area (Å²) in [4.78, 5) is 23.2. The highest BCUT2D eigenvalue weighted by molar-refractivity contribution is 5.87. The molecule has 2 rings (SSSR count). The molecule has 0 saturated carbocycles. The standard InChI is InChI=1S/C21H25N3O3/c1-3-27-21(26)12-9-16-7-10-18(11-8-16)19-6-4-5-17(13-19)15-24(23-2)20(25)14-22/h4-13,23H,3,14-15,22H2,1-2H3/b12-9+. The van der Waals surface area contributed by atoms with Crippen molar-refractivity contribution in [2.24, 2.45) is 5.73 Å². The maximum Gasteiger partial charge on any atom is 0.330 e. The molecule has 0 aliphatic rings. The number of ether oxygens (including phenoxy) is 1. The van der Waals surface area contributed by atoms with Crippen LogP contribution in [0.2, 0.25) is 0 Å². The Balaban J connectivity index is 2.12. The van der Waals surface area contributed by atoms with Crippen LogP contribution in [-0.2, 0) is 20.9 Å². The number of nitrogens with two attached hydrogens (primary N) is 1. The lowest BCUT2D eigenvalue weighted by atomic mass is 10.0. The molecular weight excluding hydrogens is 342 g/mol. The van der Waals surface area contributed by atoms with Gasteiger partial charge in [0, 0.05) is 13.1 Å². The number of carbonyl (C=O) groups is 2. The normalized spacial score (nSPS) is 10.8. The third kappa shape index (κ3) is 6.06. The van der Waals surface area contributed by atoms with Gasteiger partial charge in [0.05, 0.1) is 19.7 Å². The van der Waals surface area contributed by atoms with Crippen LogP contribution in [0.4, 0.5) is 0 Å². The van der Waals surface area contributed by atoms with Crippen molar-refractivity contribution >= 4 is 18.0 Å². The first-order valence-corrected chi connectivity index (χ1v) is 8.79. The van der Waals surface area contributed by atoms with Gasteiger partial charge in [-0.2, -0.15) is 0 Å². The highest BCUT2D eigenvalue weighted by Crippen LogP contribution is 2.22. The van der Waals surface area contributed by atoms with Gasteiger partial charge < -0.3 is 10.5 Å². The molecule has 0 spiro atoms. The number of hydrogen-bond acceptors (Lipinski definition) is 5. The molecule has 0 atom stereocenters. The fourth-order valence-corrected chi connectivity index (χ4v) is 2.58. The predicted octanol–water partition coefficient (Wildman–Crippen LogP) is 2.35. The summed E-state index contributed by atoms with van der Waals surface area (Å²) in [5.41, 5.74) is 12.3. The molecule has 3 N–H and O–H groups in total. The molecule has 0 fully saturated rings. The Morgan fingerprint density at radius 2 is 1.89 bits per heavy atom. The summed E-state index contributed by atoms with van der Waals surface area (Å²) in [5, 5.41) is 1.49. The first-order chi connectivity index (χ1) is 13.1. The Labute approximate surface area is 159 Å². The van der Waals surface area contributed by atoms with Crippen molar-refractivity contribution in [3.05, 3.63) is 65.7 Å². The topological polar surface area (TPSA) is 84.7 Å². The van der Waals surface area contributed by atoms with E-state index in [-0.39, 0.29) is 18.4 Å². The van der Waals surface area contributed by atoms with Crippen molar-refractivity contribution in [3.63, 3.8) is 0 Å². The number of hydrazine groups is 1. The average Bonchev–Trinajstić information content (AvgIpc) is 2.70. The van der Waals surface area contributed by atoms with Crippen molar-refractivity contribution in [2.75, 3.05) is 20.2 Å². The lowest BCUT2D eigenvalue weighted by molar-refractivity contribution is -0.137. The van der Waals surface area contributed by atoms with Gasteiger partial charge in [0.1, 0.15) is 0 Å². The molecule has 142 valence electrons. The first kappa shape index (κ1) is 20.4. The zero-order valence-electron chi connectivity index (χ0n) is 15.6. The molecule has 0 aromatic heterocycles. The van der Waals surface area contributed by atoms with Crippen LogP contribution in [0.1, 0.15) is 18.1 Å². The number of carbonyl (C=O) groups excluding carboxylic acids is 2. The van der Waals surface area contributed by atoms with Gasteiger partial charge in [0.15, 0.2) is 0 Å². The van der Waals surface area contributed by atoms with E-state index in [1.54, 1.807) is 20.0 Å². The Bertz CT molecular complexity index is 801. The van der Waals surface area contributed by atoms with Crippen molar-refractivity contribution in [1.82, 2.24) is 10.4 Å². The Kier molecular flexibility index (Phi) is 7.73. The summed E-state index contributed by atoms with van der Waals surface area (Å²) < 4.78 is 4.87. The highest BCUT2D eigenvalue weighted by Gasteiger charge is 2.10. The van der Waals surface area contributed by atoms with Crippen LogP contribution in [0.3, 0.4) is 0 Å². The van der Waals surface area contributed by atoms with E-state index in [4.69, 9.17) is 10.5 Å². The van der Waals surface area contributed by atoms with E-state index >= 15 is 0 Å². The second-order valence-corrected chi connectivity index (χ2v) is 5.82. The van der Waals surface area contributed by atoms with E-state index < -0.39 is 0 Å². The fourth-order valence-electron chi connectivity index (χ4n) is 2.58. The SMILES string of the molecule is CCOC(=O)/C=C/c1ccc(-c2cccc(CN(NC)C(=O)CN)c2)cc1. The maximum absolute atomic E-state index is 11.8. The van der Waals surface area contributed by atoms with Crippen molar-refractivity contribution < 1.29 is 14.3 Å². The molecule has 2 aromatic rings. The summed E-state index contributed by atoms with van der Waals surface area (Å²) in [6, 6.07) is 15.8. The highest BCUT2D eigenvalue weighted by atomic mass is 16.5. The summed E-state index contributed by atoms with van der Waals surface area (Å²) in [6.45, 7) is 2.53. The third-order valence-electron chi connectivity index (χ3n) is 3.96. The molecule has 0 bridgehead atoms. The molecule has 2 aromatic carbocycles. The number of benzene rings is 2. The lowest BCUT2D eigenvalue weighted by Gasteiger charge is -2.21. The number of hydrogen-bond donors (Lipinski definition) is 2. The molecule has 0 unspecified atom stereocenters. The largest absolute Gasteiger partial charge is 0.463 e. The zero-order valence-corrected chi connectivity index (χ0v) is 15.6. The van der Waals surface area contributed by atoms with Gasteiger partial charge in [-0.15, -0.1) is 0 Å². The minimum Gasteiger partial charge on any atom is -0.463 e. The molecule has 0 heterocycles. The van der Waals surface area contributed by atoms with Gasteiger partial charge >= 0.3 is 5.97 Å². The van der Waals surface area contributed by atoms with Crippen molar-refractivity contribution in [2.45, 2.75) is 13.5 Å². The number of esters is 1. The molecule has 0 saturated heterocycles. The quantitative estimate of drug-likeness (QED) is 0.425.